The van der Waals surface area contributed by atoms with Crippen molar-refractivity contribution >= 4 is 21.6 Å². The number of quaternary nitrogens is 1. The van der Waals surface area contributed by atoms with Crippen molar-refractivity contribution < 1.29 is 18.1 Å². The Balaban J connectivity index is 1.40. The average Bonchev–Trinajstić information content (AvgIpc) is 2.84. The maximum absolute atomic E-state index is 13.2. The van der Waals surface area contributed by atoms with Crippen LogP contribution in [0.4, 0.5) is 5.69 Å². The molecule has 1 amide bonds. The molecule has 0 aliphatic carbocycles. The summed E-state index contributed by atoms with van der Waals surface area (Å²) in [6, 6.07) is 19.2. The SMILES string of the molecule is Cc1cc(C)c(C)c(S(=O)(=O)Nc2ccc(C(=O)N3CC[NH+](Cc4ccccc4)CC3)cc2)c1C. The van der Waals surface area contributed by atoms with Gasteiger partial charge in [0, 0.05) is 16.8 Å². The highest BCUT2D eigenvalue weighted by Crippen LogP contribution is 2.28. The highest BCUT2D eigenvalue weighted by molar-refractivity contribution is 7.92. The molecule has 2 N–H and O–H groups in total. The summed E-state index contributed by atoms with van der Waals surface area (Å²) in [5.41, 5.74) is 5.71. The van der Waals surface area contributed by atoms with Crippen molar-refractivity contribution in [1.29, 1.82) is 0 Å². The fraction of sp³-hybridized carbons (Fsp3) is 0.321. The van der Waals surface area contributed by atoms with Gasteiger partial charge in [-0.25, -0.2) is 8.42 Å². The second-order valence-electron chi connectivity index (χ2n) is 9.48. The maximum Gasteiger partial charge on any atom is 0.262 e. The second-order valence-corrected chi connectivity index (χ2v) is 11.1. The van der Waals surface area contributed by atoms with Gasteiger partial charge in [-0.15, -0.1) is 0 Å². The Bertz CT molecular complexity index is 1290. The number of amides is 1. The number of piperazine rings is 1. The molecule has 0 saturated carbocycles. The fourth-order valence-electron chi connectivity index (χ4n) is 4.74. The topological polar surface area (TPSA) is 70.9 Å². The van der Waals surface area contributed by atoms with Crippen LogP contribution in [0.15, 0.2) is 65.6 Å². The van der Waals surface area contributed by atoms with Gasteiger partial charge in [-0.1, -0.05) is 36.4 Å². The van der Waals surface area contributed by atoms with E-state index in [0.29, 0.717) is 29.2 Å². The Morgan fingerprint density at radius 3 is 2.03 bits per heavy atom. The molecule has 4 rings (SSSR count). The van der Waals surface area contributed by atoms with Crippen LogP contribution in [0.5, 0.6) is 0 Å². The van der Waals surface area contributed by atoms with Gasteiger partial charge in [0.25, 0.3) is 15.9 Å². The molecule has 1 saturated heterocycles. The molecule has 0 aromatic heterocycles. The third-order valence-corrected chi connectivity index (χ3v) is 8.66. The normalized spacial score (nSPS) is 14.7. The largest absolute Gasteiger partial charge is 0.328 e. The van der Waals surface area contributed by atoms with Gasteiger partial charge in [0.2, 0.25) is 0 Å². The fourth-order valence-corrected chi connectivity index (χ4v) is 6.42. The van der Waals surface area contributed by atoms with Gasteiger partial charge in [-0.3, -0.25) is 9.52 Å². The summed E-state index contributed by atoms with van der Waals surface area (Å²) >= 11 is 0. The number of rotatable bonds is 6. The summed E-state index contributed by atoms with van der Waals surface area (Å²) in [6.45, 7) is 11.7. The average molecular weight is 493 g/mol. The van der Waals surface area contributed by atoms with E-state index in [1.165, 1.54) is 10.5 Å². The first kappa shape index (κ1) is 24.9. The third-order valence-electron chi connectivity index (χ3n) is 7.00. The van der Waals surface area contributed by atoms with Crippen molar-refractivity contribution in [1.82, 2.24) is 4.90 Å². The van der Waals surface area contributed by atoms with E-state index in [9.17, 15) is 13.2 Å². The molecule has 0 unspecified atom stereocenters. The standard InChI is InChI=1S/C28H33N3O3S/c1-20-18-21(2)23(4)27(22(20)3)35(33,34)29-26-12-10-25(11-13-26)28(32)31-16-14-30(15-17-31)19-24-8-6-5-7-9-24/h5-13,18,29H,14-17,19H2,1-4H3/p+1. The molecule has 1 heterocycles. The van der Waals surface area contributed by atoms with Crippen LogP contribution in [-0.4, -0.2) is 45.4 Å². The quantitative estimate of drug-likeness (QED) is 0.555. The van der Waals surface area contributed by atoms with Crippen molar-refractivity contribution in [3.05, 3.63) is 94.0 Å². The molecule has 1 fully saturated rings. The Morgan fingerprint density at radius 2 is 1.46 bits per heavy atom. The summed E-state index contributed by atoms with van der Waals surface area (Å²) in [6.07, 6.45) is 0. The smallest absolute Gasteiger partial charge is 0.262 e. The Hall–Kier alpha value is -3.16. The minimum absolute atomic E-state index is 0.0147. The molecule has 0 radical (unpaired) electrons. The summed E-state index contributed by atoms with van der Waals surface area (Å²) in [4.78, 5) is 16.7. The molecule has 6 nitrogen and oxygen atoms in total. The van der Waals surface area contributed by atoms with Crippen molar-refractivity contribution in [3.8, 4) is 0 Å². The van der Waals surface area contributed by atoms with Gasteiger partial charge in [0.1, 0.15) is 6.54 Å². The summed E-state index contributed by atoms with van der Waals surface area (Å²) < 4.78 is 29.1. The number of benzene rings is 3. The van der Waals surface area contributed by atoms with Crippen LogP contribution in [0.3, 0.4) is 0 Å². The monoisotopic (exact) mass is 492 g/mol. The summed E-state index contributed by atoms with van der Waals surface area (Å²) in [5.74, 6) is -0.0147. The minimum Gasteiger partial charge on any atom is -0.328 e. The van der Waals surface area contributed by atoms with Crippen LogP contribution in [0, 0.1) is 27.7 Å². The minimum atomic E-state index is -3.75. The highest BCUT2D eigenvalue weighted by atomic mass is 32.2. The number of aryl methyl sites for hydroxylation is 2. The van der Waals surface area contributed by atoms with Crippen LogP contribution in [0.1, 0.15) is 38.2 Å². The first-order valence-electron chi connectivity index (χ1n) is 12.0. The van der Waals surface area contributed by atoms with E-state index in [0.717, 1.165) is 41.9 Å². The number of carbonyl (C=O) groups is 1. The number of carbonyl (C=O) groups excluding carboxylic acids is 1. The molecule has 184 valence electrons. The lowest BCUT2D eigenvalue weighted by molar-refractivity contribution is -0.917. The van der Waals surface area contributed by atoms with Crippen LogP contribution < -0.4 is 9.62 Å². The highest BCUT2D eigenvalue weighted by Gasteiger charge is 2.25. The lowest BCUT2D eigenvalue weighted by atomic mass is 10.0. The Labute approximate surface area is 208 Å². The van der Waals surface area contributed by atoms with E-state index in [4.69, 9.17) is 0 Å². The van der Waals surface area contributed by atoms with Crippen LogP contribution in [-0.2, 0) is 16.6 Å². The lowest BCUT2D eigenvalue weighted by Crippen LogP contribution is -3.13. The summed E-state index contributed by atoms with van der Waals surface area (Å²) in [7, 11) is -3.75. The number of nitrogens with zero attached hydrogens (tertiary/aromatic N) is 1. The van der Waals surface area contributed by atoms with E-state index in [2.05, 4.69) is 29.0 Å². The van der Waals surface area contributed by atoms with E-state index in [1.807, 2.05) is 44.7 Å². The Morgan fingerprint density at radius 1 is 0.886 bits per heavy atom. The number of sulfonamides is 1. The lowest BCUT2D eigenvalue weighted by Gasteiger charge is -2.32. The van der Waals surface area contributed by atoms with Crippen LogP contribution in [0.25, 0.3) is 0 Å². The zero-order valence-corrected chi connectivity index (χ0v) is 21.7. The van der Waals surface area contributed by atoms with Crippen molar-refractivity contribution in [3.63, 3.8) is 0 Å². The van der Waals surface area contributed by atoms with Gasteiger partial charge >= 0.3 is 0 Å². The van der Waals surface area contributed by atoms with Gasteiger partial charge in [-0.2, -0.15) is 0 Å². The number of hydrogen-bond donors (Lipinski definition) is 2. The molecule has 0 spiro atoms. The van der Waals surface area contributed by atoms with Crippen molar-refractivity contribution in [2.24, 2.45) is 0 Å². The molecular formula is C28H34N3O3S+. The van der Waals surface area contributed by atoms with Gasteiger partial charge in [-0.05, 0) is 74.2 Å². The zero-order chi connectivity index (χ0) is 25.2. The molecule has 1 aliphatic heterocycles. The van der Waals surface area contributed by atoms with Crippen LogP contribution >= 0.6 is 0 Å². The molecule has 0 bridgehead atoms. The third kappa shape index (κ3) is 5.57. The number of nitrogens with one attached hydrogen (secondary N) is 2. The predicted molar refractivity (Wildman–Crippen MR) is 139 cm³/mol. The predicted octanol–water partition coefficient (Wildman–Crippen LogP) is 3.26. The molecule has 35 heavy (non-hydrogen) atoms. The van der Waals surface area contributed by atoms with E-state index >= 15 is 0 Å². The number of hydrogen-bond acceptors (Lipinski definition) is 3. The van der Waals surface area contributed by atoms with Gasteiger partial charge < -0.3 is 9.80 Å². The summed E-state index contributed by atoms with van der Waals surface area (Å²) in [5, 5.41) is 0. The van der Waals surface area contributed by atoms with E-state index in [-0.39, 0.29) is 5.91 Å². The van der Waals surface area contributed by atoms with Crippen molar-refractivity contribution in [2.45, 2.75) is 39.1 Å². The maximum atomic E-state index is 13.2. The second kappa shape index (κ2) is 10.2. The first-order chi connectivity index (χ1) is 16.7. The van der Waals surface area contributed by atoms with Crippen molar-refractivity contribution in [2.75, 3.05) is 30.9 Å². The Kier molecular flexibility index (Phi) is 7.28. The van der Waals surface area contributed by atoms with Crippen LogP contribution in [0.2, 0.25) is 0 Å². The van der Waals surface area contributed by atoms with E-state index < -0.39 is 10.0 Å². The van der Waals surface area contributed by atoms with Gasteiger partial charge in [0.05, 0.1) is 31.1 Å². The molecule has 7 heteroatoms. The van der Waals surface area contributed by atoms with Gasteiger partial charge in [0.15, 0.2) is 0 Å². The molecule has 3 aromatic carbocycles. The molecule has 1 aliphatic rings. The van der Waals surface area contributed by atoms with E-state index in [1.54, 1.807) is 24.3 Å². The first-order valence-corrected chi connectivity index (χ1v) is 13.5. The zero-order valence-electron chi connectivity index (χ0n) is 20.9. The molecular weight excluding hydrogens is 458 g/mol. The molecule has 0 atom stereocenters. The molecule has 3 aromatic rings. The number of anilines is 1.